The number of halogens is 1. The molecule has 0 aliphatic carbocycles. The highest BCUT2D eigenvalue weighted by molar-refractivity contribution is 7.09. The first-order chi connectivity index (χ1) is 9.11. The molecule has 0 unspecified atom stereocenters. The highest BCUT2D eigenvalue weighted by Gasteiger charge is 2.12. The van der Waals surface area contributed by atoms with E-state index in [0.717, 1.165) is 6.54 Å². The zero-order chi connectivity index (χ0) is 13.8. The van der Waals surface area contributed by atoms with Crippen molar-refractivity contribution in [3.8, 4) is 0 Å². The van der Waals surface area contributed by atoms with Crippen LogP contribution in [0.15, 0.2) is 35.7 Å². The van der Waals surface area contributed by atoms with Crippen molar-refractivity contribution in [3.63, 3.8) is 0 Å². The molecule has 0 atom stereocenters. The molecule has 2 aromatic rings. The quantitative estimate of drug-likeness (QED) is 0.684. The summed E-state index contributed by atoms with van der Waals surface area (Å²) in [4.78, 5) is 3.82. The first-order valence-electron chi connectivity index (χ1n) is 6.56. The normalized spacial score (nSPS) is 11.0. The van der Waals surface area contributed by atoms with Crippen molar-refractivity contribution in [2.75, 3.05) is 4.90 Å². The summed E-state index contributed by atoms with van der Waals surface area (Å²) in [5, 5.41) is 2.13. The van der Waals surface area contributed by atoms with Crippen molar-refractivity contribution in [3.05, 3.63) is 51.7 Å². The molecule has 0 aliphatic rings. The molecule has 0 N–H and O–H groups in total. The van der Waals surface area contributed by atoms with E-state index in [2.05, 4.69) is 61.4 Å². The average Bonchev–Trinajstić information content (AvgIpc) is 2.88. The van der Waals surface area contributed by atoms with Crippen LogP contribution in [0.2, 0.25) is 0 Å². The SMILES string of the molecule is Cc1cc(N(Cc2cccs2)C(C)C)ccc1CCl. The van der Waals surface area contributed by atoms with Gasteiger partial charge in [-0.2, -0.15) is 0 Å². The molecule has 3 heteroatoms. The molecule has 0 saturated heterocycles. The molecule has 1 nitrogen and oxygen atoms in total. The van der Waals surface area contributed by atoms with Crippen molar-refractivity contribution in [2.24, 2.45) is 0 Å². The van der Waals surface area contributed by atoms with Crippen molar-refractivity contribution < 1.29 is 0 Å². The predicted octanol–water partition coefficient (Wildman–Crippen LogP) is 5.21. The van der Waals surface area contributed by atoms with E-state index in [-0.39, 0.29) is 0 Å². The third kappa shape index (κ3) is 3.52. The average molecular weight is 294 g/mol. The van der Waals surface area contributed by atoms with Gasteiger partial charge in [-0.05, 0) is 55.5 Å². The van der Waals surface area contributed by atoms with Gasteiger partial charge in [0.25, 0.3) is 0 Å². The Morgan fingerprint density at radius 2 is 2.05 bits per heavy atom. The van der Waals surface area contributed by atoms with Gasteiger partial charge in [-0.1, -0.05) is 12.1 Å². The molecule has 0 fully saturated rings. The van der Waals surface area contributed by atoms with Gasteiger partial charge in [0, 0.05) is 22.5 Å². The van der Waals surface area contributed by atoms with E-state index < -0.39 is 0 Å². The maximum absolute atomic E-state index is 5.93. The van der Waals surface area contributed by atoms with E-state index in [1.807, 2.05) is 11.3 Å². The molecule has 0 spiro atoms. The van der Waals surface area contributed by atoms with Gasteiger partial charge in [-0.25, -0.2) is 0 Å². The second-order valence-corrected chi connectivity index (χ2v) is 6.34. The van der Waals surface area contributed by atoms with Crippen LogP contribution in [0.1, 0.15) is 29.9 Å². The van der Waals surface area contributed by atoms with Gasteiger partial charge in [0.1, 0.15) is 0 Å². The molecular formula is C16H20ClNS. The van der Waals surface area contributed by atoms with E-state index >= 15 is 0 Å². The Labute approximate surface area is 124 Å². The van der Waals surface area contributed by atoms with Crippen LogP contribution in [0.5, 0.6) is 0 Å². The van der Waals surface area contributed by atoms with Crippen LogP contribution in [0, 0.1) is 6.92 Å². The second kappa shape index (κ2) is 6.44. The third-order valence-electron chi connectivity index (χ3n) is 3.33. The second-order valence-electron chi connectivity index (χ2n) is 5.05. The van der Waals surface area contributed by atoms with Crippen LogP contribution in [0.4, 0.5) is 5.69 Å². The Kier molecular flexibility index (Phi) is 4.89. The van der Waals surface area contributed by atoms with Crippen LogP contribution in [-0.4, -0.2) is 6.04 Å². The number of thiophene rings is 1. The Bertz CT molecular complexity index is 520. The zero-order valence-corrected chi connectivity index (χ0v) is 13.3. The lowest BCUT2D eigenvalue weighted by atomic mass is 10.1. The highest BCUT2D eigenvalue weighted by Crippen LogP contribution is 2.25. The minimum Gasteiger partial charge on any atom is -0.364 e. The Hall–Kier alpha value is -0.990. The molecule has 0 radical (unpaired) electrons. The topological polar surface area (TPSA) is 3.24 Å². The molecule has 2 rings (SSSR count). The Morgan fingerprint density at radius 3 is 2.58 bits per heavy atom. The number of aryl methyl sites for hydroxylation is 1. The monoisotopic (exact) mass is 293 g/mol. The van der Waals surface area contributed by atoms with E-state index in [9.17, 15) is 0 Å². The van der Waals surface area contributed by atoms with Gasteiger partial charge in [-0.3, -0.25) is 0 Å². The standard InChI is InChI=1S/C16H20ClNS/c1-12(2)18(11-16-5-4-8-19-16)15-7-6-14(10-17)13(3)9-15/h4-9,12H,10-11H2,1-3H3. The molecule has 1 aromatic heterocycles. The molecule has 1 heterocycles. The number of hydrogen-bond acceptors (Lipinski definition) is 2. The third-order valence-corrected chi connectivity index (χ3v) is 4.48. The molecule has 0 bridgehead atoms. The van der Waals surface area contributed by atoms with Crippen LogP contribution in [0.25, 0.3) is 0 Å². The number of alkyl halides is 1. The van der Waals surface area contributed by atoms with Crippen molar-refractivity contribution >= 4 is 28.6 Å². The minimum atomic E-state index is 0.475. The fraction of sp³-hybridized carbons (Fsp3) is 0.375. The molecule has 1 aromatic carbocycles. The van der Waals surface area contributed by atoms with Crippen LogP contribution in [-0.2, 0) is 12.4 Å². The van der Waals surface area contributed by atoms with Gasteiger partial charge in [0.2, 0.25) is 0 Å². The minimum absolute atomic E-state index is 0.475. The molecule has 102 valence electrons. The fourth-order valence-corrected chi connectivity index (χ4v) is 3.15. The van der Waals surface area contributed by atoms with Crippen molar-refractivity contribution in [1.29, 1.82) is 0 Å². The van der Waals surface area contributed by atoms with Gasteiger partial charge in [0.05, 0.1) is 6.54 Å². The van der Waals surface area contributed by atoms with E-state index in [1.54, 1.807) is 0 Å². The van der Waals surface area contributed by atoms with E-state index in [4.69, 9.17) is 11.6 Å². The summed E-state index contributed by atoms with van der Waals surface area (Å²) in [6.07, 6.45) is 0. The van der Waals surface area contributed by atoms with Crippen molar-refractivity contribution in [2.45, 2.75) is 39.2 Å². The van der Waals surface area contributed by atoms with Crippen LogP contribution < -0.4 is 4.90 Å². The molecule has 19 heavy (non-hydrogen) atoms. The number of rotatable bonds is 5. The maximum atomic E-state index is 5.93. The molecule has 0 saturated carbocycles. The zero-order valence-electron chi connectivity index (χ0n) is 11.7. The lowest BCUT2D eigenvalue weighted by Crippen LogP contribution is -2.29. The smallest absolute Gasteiger partial charge is 0.0525 e. The summed E-state index contributed by atoms with van der Waals surface area (Å²) in [5.74, 6) is 0.582. The van der Waals surface area contributed by atoms with Gasteiger partial charge in [0.15, 0.2) is 0 Å². The maximum Gasteiger partial charge on any atom is 0.0525 e. The highest BCUT2D eigenvalue weighted by atomic mass is 35.5. The Balaban J connectivity index is 2.26. The number of benzene rings is 1. The lowest BCUT2D eigenvalue weighted by Gasteiger charge is -2.29. The predicted molar refractivity (Wildman–Crippen MR) is 86.4 cm³/mol. The Morgan fingerprint density at radius 1 is 1.26 bits per heavy atom. The summed E-state index contributed by atoms with van der Waals surface area (Å²) in [7, 11) is 0. The van der Waals surface area contributed by atoms with E-state index in [1.165, 1.54) is 21.7 Å². The van der Waals surface area contributed by atoms with Gasteiger partial charge in [-0.15, -0.1) is 22.9 Å². The summed E-state index contributed by atoms with van der Waals surface area (Å²) < 4.78 is 0. The summed E-state index contributed by atoms with van der Waals surface area (Å²) in [6.45, 7) is 7.57. The molecular weight excluding hydrogens is 274 g/mol. The number of hydrogen-bond donors (Lipinski definition) is 0. The fourth-order valence-electron chi connectivity index (χ4n) is 2.15. The van der Waals surface area contributed by atoms with Gasteiger partial charge >= 0.3 is 0 Å². The van der Waals surface area contributed by atoms with Gasteiger partial charge < -0.3 is 4.90 Å². The van der Waals surface area contributed by atoms with Crippen LogP contribution in [0.3, 0.4) is 0 Å². The van der Waals surface area contributed by atoms with Crippen molar-refractivity contribution in [1.82, 2.24) is 0 Å². The summed E-state index contributed by atoms with van der Waals surface area (Å²) in [6, 6.07) is 11.3. The van der Waals surface area contributed by atoms with E-state index in [0.29, 0.717) is 11.9 Å². The van der Waals surface area contributed by atoms with Crippen LogP contribution >= 0.6 is 22.9 Å². The lowest BCUT2D eigenvalue weighted by molar-refractivity contribution is 0.687. The molecule has 0 aliphatic heterocycles. The first kappa shape index (κ1) is 14.4. The molecule has 0 amide bonds. The summed E-state index contributed by atoms with van der Waals surface area (Å²) in [5.41, 5.74) is 3.75. The largest absolute Gasteiger partial charge is 0.364 e. The number of anilines is 1. The number of nitrogens with zero attached hydrogens (tertiary/aromatic N) is 1. The first-order valence-corrected chi connectivity index (χ1v) is 7.97. The summed E-state index contributed by atoms with van der Waals surface area (Å²) >= 11 is 7.74.